The predicted molar refractivity (Wildman–Crippen MR) is 248 cm³/mol. The number of rotatable bonds is 46. The molecule has 0 aliphatic carbocycles. The molecule has 9 nitrogen and oxygen atoms in total. The van der Waals surface area contributed by atoms with Crippen molar-refractivity contribution in [3.05, 3.63) is 0 Å². The first-order chi connectivity index (χ1) is 28.3. The monoisotopic (exact) mass is 861 g/mol. The minimum absolute atomic E-state index is 0.0377. The Labute approximate surface area is 366 Å². The van der Waals surface area contributed by atoms with Gasteiger partial charge in [-0.1, -0.05) is 226 Å². The molecule has 0 fully saturated rings. The number of quaternary nitrogens is 1. The number of aliphatic hydroxyl groups excluding tert-OH is 2. The molecule has 0 spiro atoms. The number of carbonyl (C=O) groups is 1. The van der Waals surface area contributed by atoms with Gasteiger partial charge in [-0.05, 0) is 18.8 Å². The zero-order chi connectivity index (χ0) is 43.9. The molecule has 0 radical (unpaired) electrons. The van der Waals surface area contributed by atoms with Gasteiger partial charge in [0.1, 0.15) is 19.3 Å². The topological polar surface area (TPSA) is 128 Å². The van der Waals surface area contributed by atoms with E-state index in [1.807, 2.05) is 21.1 Å². The van der Waals surface area contributed by atoms with E-state index in [9.17, 15) is 24.5 Å². The average molecular weight is 861 g/mol. The highest BCUT2D eigenvalue weighted by Gasteiger charge is 2.29. The number of nitrogens with zero attached hydrogens (tertiary/aromatic N) is 1. The first kappa shape index (κ1) is 58.5. The van der Waals surface area contributed by atoms with Crippen molar-refractivity contribution in [2.24, 2.45) is 5.92 Å². The molecule has 0 aliphatic rings. The van der Waals surface area contributed by atoms with E-state index in [1.165, 1.54) is 173 Å². The van der Waals surface area contributed by atoms with Crippen LogP contribution in [0.3, 0.4) is 0 Å². The summed E-state index contributed by atoms with van der Waals surface area (Å²) in [6.45, 7) is 6.76. The van der Waals surface area contributed by atoms with Crippen molar-refractivity contribution in [1.29, 1.82) is 0 Å². The molecule has 59 heavy (non-hydrogen) atoms. The largest absolute Gasteiger partial charge is 0.756 e. The number of hydrogen-bond donors (Lipinski definition) is 3. The highest BCUT2D eigenvalue weighted by molar-refractivity contribution is 7.45. The van der Waals surface area contributed by atoms with Crippen LogP contribution in [0.5, 0.6) is 0 Å². The van der Waals surface area contributed by atoms with Crippen LogP contribution in [0, 0.1) is 5.92 Å². The fraction of sp³-hybridized carbons (Fsp3) is 0.980. The molecular weight excluding hydrogens is 760 g/mol. The van der Waals surface area contributed by atoms with E-state index in [-0.39, 0.29) is 18.9 Å². The standard InChI is InChI=1S/C49H101N2O7P/c1-7-8-9-10-11-12-13-14-15-16-17-18-19-20-21-22-23-24-25-26-27-32-35-38-41-48(53)50-46(44-58-59(55,56)57-43-42-51(4,5)6)49(54)47(52)40-37-34-31-29-28-30-33-36-39-45(2)3/h45-47,49,52,54H,7-44H2,1-6H3,(H-,50,53,55,56)/t46-,47+,49-/m0/s1. The lowest BCUT2D eigenvalue weighted by molar-refractivity contribution is -0.870. The second-order valence-electron chi connectivity index (χ2n) is 19.5. The number of carbonyl (C=O) groups excluding carboxylic acids is 1. The zero-order valence-corrected chi connectivity index (χ0v) is 40.9. The Morgan fingerprint density at radius 1 is 0.576 bits per heavy atom. The van der Waals surface area contributed by atoms with Crippen LogP contribution in [0.2, 0.25) is 0 Å². The number of nitrogens with one attached hydrogen (secondary N) is 1. The zero-order valence-electron chi connectivity index (χ0n) is 40.0. The molecule has 4 atom stereocenters. The Kier molecular flexibility index (Phi) is 39.9. The van der Waals surface area contributed by atoms with Crippen molar-refractivity contribution in [2.45, 2.75) is 264 Å². The fourth-order valence-corrected chi connectivity index (χ4v) is 8.52. The van der Waals surface area contributed by atoms with Gasteiger partial charge in [-0.3, -0.25) is 9.36 Å². The van der Waals surface area contributed by atoms with Crippen molar-refractivity contribution in [1.82, 2.24) is 5.32 Å². The Hall–Kier alpha value is -0.540. The third-order valence-electron chi connectivity index (χ3n) is 11.9. The average Bonchev–Trinajstić information content (AvgIpc) is 3.17. The van der Waals surface area contributed by atoms with Gasteiger partial charge < -0.3 is 34.0 Å². The van der Waals surface area contributed by atoms with Crippen molar-refractivity contribution in [3.63, 3.8) is 0 Å². The predicted octanol–water partition coefficient (Wildman–Crippen LogP) is 12.7. The van der Waals surface area contributed by atoms with Gasteiger partial charge in [-0.2, -0.15) is 0 Å². The molecule has 0 aromatic carbocycles. The Balaban J connectivity index is 4.22. The van der Waals surface area contributed by atoms with Crippen molar-refractivity contribution in [2.75, 3.05) is 40.9 Å². The van der Waals surface area contributed by atoms with E-state index >= 15 is 0 Å². The molecule has 0 aromatic heterocycles. The summed E-state index contributed by atoms with van der Waals surface area (Å²) in [5.41, 5.74) is 0. The second kappa shape index (κ2) is 40.2. The van der Waals surface area contributed by atoms with Gasteiger partial charge in [-0.15, -0.1) is 0 Å². The molecule has 0 saturated heterocycles. The number of likely N-dealkylation sites (N-methyl/N-ethyl adjacent to an activating group) is 1. The van der Waals surface area contributed by atoms with Gasteiger partial charge >= 0.3 is 0 Å². The van der Waals surface area contributed by atoms with E-state index in [0.29, 0.717) is 17.4 Å². The normalized spacial score (nSPS) is 14.7. The van der Waals surface area contributed by atoms with Crippen LogP contribution in [0.4, 0.5) is 0 Å². The molecule has 354 valence electrons. The molecule has 10 heteroatoms. The lowest BCUT2D eigenvalue weighted by atomic mass is 9.99. The number of aliphatic hydroxyl groups is 2. The first-order valence-corrected chi connectivity index (χ1v) is 26.8. The van der Waals surface area contributed by atoms with Gasteiger partial charge in [0.05, 0.1) is 39.9 Å². The Bertz CT molecular complexity index is 963. The maximum Gasteiger partial charge on any atom is 0.268 e. The second-order valence-corrected chi connectivity index (χ2v) is 20.9. The van der Waals surface area contributed by atoms with E-state index in [4.69, 9.17) is 9.05 Å². The smallest absolute Gasteiger partial charge is 0.268 e. The molecule has 0 bridgehead atoms. The van der Waals surface area contributed by atoms with Gasteiger partial charge in [0.25, 0.3) is 7.82 Å². The highest BCUT2D eigenvalue weighted by atomic mass is 31.2. The van der Waals surface area contributed by atoms with Gasteiger partial charge in [-0.25, -0.2) is 0 Å². The van der Waals surface area contributed by atoms with Crippen LogP contribution >= 0.6 is 7.82 Å². The molecule has 0 saturated carbocycles. The Morgan fingerprint density at radius 2 is 0.932 bits per heavy atom. The Morgan fingerprint density at radius 3 is 1.31 bits per heavy atom. The number of phosphoric acid groups is 1. The number of amides is 1. The number of unbranched alkanes of at least 4 members (excludes halogenated alkanes) is 30. The summed E-state index contributed by atoms with van der Waals surface area (Å²) in [5, 5.41) is 24.7. The van der Waals surface area contributed by atoms with Crippen LogP contribution in [-0.4, -0.2) is 79.8 Å². The summed E-state index contributed by atoms with van der Waals surface area (Å²) in [7, 11) is 1.14. The van der Waals surface area contributed by atoms with Gasteiger partial charge in [0.2, 0.25) is 5.91 Å². The van der Waals surface area contributed by atoms with E-state index < -0.39 is 32.7 Å². The SMILES string of the molecule is CCCCCCCCCCCCCCCCCCCCCCCCCCC(=O)N[C@@H](COP(=O)([O-])OCC[N+](C)(C)C)[C@H](O)[C@H](O)CCCCCCCCCCC(C)C. The lowest BCUT2D eigenvalue weighted by Crippen LogP contribution is -2.51. The molecule has 1 amide bonds. The van der Waals surface area contributed by atoms with Crippen molar-refractivity contribution in [3.8, 4) is 0 Å². The summed E-state index contributed by atoms with van der Waals surface area (Å²) in [6.07, 6.45) is 40.2. The van der Waals surface area contributed by atoms with Gasteiger partial charge in [0, 0.05) is 6.42 Å². The van der Waals surface area contributed by atoms with Gasteiger partial charge in [0.15, 0.2) is 0 Å². The molecule has 0 rings (SSSR count). The third-order valence-corrected chi connectivity index (χ3v) is 12.8. The third kappa shape index (κ3) is 42.5. The summed E-state index contributed by atoms with van der Waals surface area (Å²) in [4.78, 5) is 25.4. The molecule has 3 N–H and O–H groups in total. The quantitative estimate of drug-likeness (QED) is 0.0316. The van der Waals surface area contributed by atoms with E-state index in [1.54, 1.807) is 0 Å². The van der Waals surface area contributed by atoms with Crippen molar-refractivity contribution < 1.29 is 38.0 Å². The maximum atomic E-state index is 12.9. The van der Waals surface area contributed by atoms with Crippen LogP contribution in [0.25, 0.3) is 0 Å². The number of phosphoric ester groups is 1. The summed E-state index contributed by atoms with van der Waals surface area (Å²) >= 11 is 0. The molecule has 0 aromatic rings. The van der Waals surface area contributed by atoms with Crippen molar-refractivity contribution >= 4 is 13.7 Å². The summed E-state index contributed by atoms with van der Waals surface area (Å²) in [6, 6.07) is -1.07. The molecule has 0 heterocycles. The first-order valence-electron chi connectivity index (χ1n) is 25.3. The molecular formula is C49H101N2O7P. The minimum atomic E-state index is -4.66. The summed E-state index contributed by atoms with van der Waals surface area (Å²) in [5.74, 6) is 0.494. The minimum Gasteiger partial charge on any atom is -0.756 e. The number of hydrogen-bond acceptors (Lipinski definition) is 7. The van der Waals surface area contributed by atoms with Crippen LogP contribution in [-0.2, 0) is 18.4 Å². The maximum absolute atomic E-state index is 12.9. The molecule has 0 aliphatic heterocycles. The van der Waals surface area contributed by atoms with Crippen LogP contribution < -0.4 is 10.2 Å². The lowest BCUT2D eigenvalue weighted by Gasteiger charge is -2.31. The van der Waals surface area contributed by atoms with Crippen LogP contribution in [0.1, 0.15) is 245 Å². The molecule has 1 unspecified atom stereocenters. The van der Waals surface area contributed by atoms with E-state index in [0.717, 1.165) is 44.4 Å². The van der Waals surface area contributed by atoms with E-state index in [2.05, 4.69) is 26.1 Å². The fourth-order valence-electron chi connectivity index (χ4n) is 7.79. The highest BCUT2D eigenvalue weighted by Crippen LogP contribution is 2.38. The summed E-state index contributed by atoms with van der Waals surface area (Å²) < 4.78 is 23.2. The van der Waals surface area contributed by atoms with Crippen LogP contribution in [0.15, 0.2) is 0 Å².